The molecule has 3 aromatic rings. The number of hydrogen-bond acceptors (Lipinski definition) is 6. The van der Waals surface area contributed by atoms with Gasteiger partial charge < -0.3 is 9.80 Å². The molecule has 0 aliphatic carbocycles. The summed E-state index contributed by atoms with van der Waals surface area (Å²) in [5.41, 5.74) is 1.72. The van der Waals surface area contributed by atoms with E-state index in [1.807, 2.05) is 35.2 Å². The summed E-state index contributed by atoms with van der Waals surface area (Å²) >= 11 is 0. The van der Waals surface area contributed by atoms with Crippen molar-refractivity contribution in [3.05, 3.63) is 70.9 Å². The third kappa shape index (κ3) is 2.97. The highest BCUT2D eigenvalue weighted by molar-refractivity contribution is 5.94. The van der Waals surface area contributed by atoms with Gasteiger partial charge >= 0.3 is 0 Å². The van der Waals surface area contributed by atoms with Gasteiger partial charge in [-0.15, -0.1) is 0 Å². The lowest BCUT2D eigenvalue weighted by molar-refractivity contribution is 0.0725. The molecular formula is C21H20N6O2. The molecule has 8 heteroatoms. The predicted molar refractivity (Wildman–Crippen MR) is 108 cm³/mol. The van der Waals surface area contributed by atoms with Gasteiger partial charge in [-0.2, -0.15) is 0 Å². The summed E-state index contributed by atoms with van der Waals surface area (Å²) < 4.78 is 1.56. The van der Waals surface area contributed by atoms with Gasteiger partial charge in [0.1, 0.15) is 6.33 Å². The average molecular weight is 388 g/mol. The van der Waals surface area contributed by atoms with Crippen LogP contribution >= 0.6 is 0 Å². The van der Waals surface area contributed by atoms with E-state index in [1.54, 1.807) is 23.9 Å². The van der Waals surface area contributed by atoms with Crippen LogP contribution in [0.25, 0.3) is 11.4 Å². The lowest BCUT2D eigenvalue weighted by Gasteiger charge is -2.35. The highest BCUT2D eigenvalue weighted by Crippen LogP contribution is 2.34. The zero-order chi connectivity index (χ0) is 20.0. The Balaban J connectivity index is 1.43. The van der Waals surface area contributed by atoms with E-state index >= 15 is 0 Å². The molecule has 0 N–H and O–H groups in total. The molecule has 0 radical (unpaired) electrons. The minimum absolute atomic E-state index is 0.0642. The molecular weight excluding hydrogens is 368 g/mol. The Hall–Kier alpha value is -3.55. The molecule has 2 atom stereocenters. The second-order valence-corrected chi connectivity index (χ2v) is 7.45. The average Bonchev–Trinajstić information content (AvgIpc) is 3.37. The van der Waals surface area contributed by atoms with E-state index in [1.165, 1.54) is 12.4 Å². The number of carbonyl (C=O) groups is 1. The smallest absolute Gasteiger partial charge is 0.255 e. The van der Waals surface area contributed by atoms with Gasteiger partial charge in [0.15, 0.2) is 0 Å². The maximum absolute atomic E-state index is 12.9. The summed E-state index contributed by atoms with van der Waals surface area (Å²) in [6.07, 6.45) is 3.96. The highest BCUT2D eigenvalue weighted by Gasteiger charge is 2.46. The van der Waals surface area contributed by atoms with E-state index in [4.69, 9.17) is 4.98 Å². The van der Waals surface area contributed by atoms with Gasteiger partial charge in [-0.1, -0.05) is 18.2 Å². The third-order valence-corrected chi connectivity index (χ3v) is 5.73. The van der Waals surface area contributed by atoms with Crippen LogP contribution in [0.5, 0.6) is 0 Å². The first-order chi connectivity index (χ1) is 14.1. The summed E-state index contributed by atoms with van der Waals surface area (Å²) in [4.78, 5) is 42.4. The lowest BCUT2D eigenvalue weighted by Crippen LogP contribution is -2.50. The Morgan fingerprint density at radius 3 is 2.59 bits per heavy atom. The Morgan fingerprint density at radius 1 is 1.07 bits per heavy atom. The number of carbonyl (C=O) groups excluding carboxylic acids is 1. The van der Waals surface area contributed by atoms with E-state index in [0.717, 1.165) is 6.42 Å². The lowest BCUT2D eigenvalue weighted by atomic mass is 10.2. The van der Waals surface area contributed by atoms with E-state index in [2.05, 4.69) is 14.9 Å². The highest BCUT2D eigenvalue weighted by atomic mass is 16.2. The van der Waals surface area contributed by atoms with Crippen LogP contribution < -0.4 is 10.5 Å². The van der Waals surface area contributed by atoms with Crippen LogP contribution in [0.2, 0.25) is 0 Å². The topological polar surface area (TPSA) is 84.2 Å². The largest absolute Gasteiger partial charge is 0.335 e. The minimum atomic E-state index is -0.136. The van der Waals surface area contributed by atoms with Gasteiger partial charge in [0.05, 0.1) is 23.5 Å². The van der Waals surface area contributed by atoms with Crippen LogP contribution in [0.3, 0.4) is 0 Å². The Labute approximate surface area is 167 Å². The number of piperazine rings is 1. The molecule has 4 heterocycles. The van der Waals surface area contributed by atoms with Gasteiger partial charge in [-0.25, -0.2) is 15.0 Å². The number of anilines is 1. The van der Waals surface area contributed by atoms with Gasteiger partial charge in [0, 0.05) is 38.0 Å². The van der Waals surface area contributed by atoms with Crippen molar-refractivity contribution in [1.82, 2.24) is 24.4 Å². The van der Waals surface area contributed by atoms with E-state index < -0.39 is 0 Å². The molecule has 5 rings (SSSR count). The number of nitrogens with zero attached hydrogens (tertiary/aromatic N) is 6. The van der Waals surface area contributed by atoms with Crippen LogP contribution in [0, 0.1) is 0 Å². The van der Waals surface area contributed by atoms with Crippen LogP contribution in [0.1, 0.15) is 16.8 Å². The number of benzene rings is 1. The fourth-order valence-electron chi connectivity index (χ4n) is 4.26. The predicted octanol–water partition coefficient (Wildman–Crippen LogP) is 1.34. The summed E-state index contributed by atoms with van der Waals surface area (Å²) in [5.74, 6) is 0.680. The van der Waals surface area contributed by atoms with Crippen molar-refractivity contribution < 1.29 is 4.79 Å². The quantitative estimate of drug-likeness (QED) is 0.673. The second kappa shape index (κ2) is 6.80. The van der Waals surface area contributed by atoms with Crippen molar-refractivity contribution in [3.8, 4) is 11.4 Å². The molecule has 29 heavy (non-hydrogen) atoms. The number of amides is 1. The SMILES string of the molecule is Cn1c(N2CC3C[C@H]2CN3C(=O)c2ccccc2)nc(-c2ccncn2)cc1=O. The van der Waals surface area contributed by atoms with Crippen molar-refractivity contribution in [1.29, 1.82) is 0 Å². The molecule has 2 bridgehead atoms. The first-order valence-corrected chi connectivity index (χ1v) is 9.59. The number of fused-ring (bicyclic) bond motifs is 2. The molecule has 1 unspecified atom stereocenters. The van der Waals surface area contributed by atoms with E-state index in [9.17, 15) is 9.59 Å². The molecule has 8 nitrogen and oxygen atoms in total. The number of aromatic nitrogens is 4. The van der Waals surface area contributed by atoms with Gasteiger partial charge in [-0.05, 0) is 24.6 Å². The van der Waals surface area contributed by atoms with Crippen molar-refractivity contribution in [2.75, 3.05) is 18.0 Å². The summed E-state index contributed by atoms with van der Waals surface area (Å²) in [6.45, 7) is 1.29. The monoisotopic (exact) mass is 388 g/mol. The fourth-order valence-corrected chi connectivity index (χ4v) is 4.26. The fraction of sp³-hybridized carbons (Fsp3) is 0.286. The van der Waals surface area contributed by atoms with Crippen LogP contribution in [0.4, 0.5) is 5.95 Å². The van der Waals surface area contributed by atoms with E-state index in [-0.39, 0.29) is 23.6 Å². The van der Waals surface area contributed by atoms with Gasteiger partial charge in [0.2, 0.25) is 5.95 Å². The van der Waals surface area contributed by atoms with Crippen molar-refractivity contribution >= 4 is 11.9 Å². The maximum atomic E-state index is 12.9. The molecule has 2 fully saturated rings. The Kier molecular flexibility index (Phi) is 4.12. The van der Waals surface area contributed by atoms with Crippen molar-refractivity contribution in [2.45, 2.75) is 18.5 Å². The second-order valence-electron chi connectivity index (χ2n) is 7.45. The first-order valence-electron chi connectivity index (χ1n) is 9.59. The first kappa shape index (κ1) is 17.5. The zero-order valence-corrected chi connectivity index (χ0v) is 16.0. The molecule has 0 spiro atoms. The molecule has 0 saturated carbocycles. The standard InChI is InChI=1S/C21H20N6O2/c1-25-19(28)10-18(17-7-8-22-13-23-17)24-21(25)27-12-15-9-16(27)11-26(15)20(29)14-5-3-2-4-6-14/h2-8,10,13,15-16H,9,11-12H2,1H3/t15?,16-/m0/s1. The van der Waals surface area contributed by atoms with Crippen molar-refractivity contribution in [3.63, 3.8) is 0 Å². The van der Waals surface area contributed by atoms with Crippen LogP contribution in [-0.4, -0.2) is 55.5 Å². The number of likely N-dealkylation sites (tertiary alicyclic amines) is 1. The molecule has 146 valence electrons. The Bertz CT molecular complexity index is 1120. The summed E-state index contributed by atoms with van der Waals surface area (Å²) in [5, 5.41) is 0. The third-order valence-electron chi connectivity index (χ3n) is 5.73. The normalized spacial score (nSPS) is 20.3. The molecule has 1 aromatic carbocycles. The summed E-state index contributed by atoms with van der Waals surface area (Å²) in [6, 6.07) is 12.9. The molecule has 2 aliphatic heterocycles. The molecule has 1 amide bonds. The van der Waals surface area contributed by atoms with Crippen LogP contribution in [0.15, 0.2) is 59.8 Å². The van der Waals surface area contributed by atoms with E-state index in [0.29, 0.717) is 36.0 Å². The molecule has 2 aromatic heterocycles. The van der Waals surface area contributed by atoms with Gasteiger partial charge in [0.25, 0.3) is 11.5 Å². The number of rotatable bonds is 3. The maximum Gasteiger partial charge on any atom is 0.255 e. The van der Waals surface area contributed by atoms with Crippen LogP contribution in [-0.2, 0) is 7.05 Å². The molecule has 2 saturated heterocycles. The zero-order valence-electron chi connectivity index (χ0n) is 16.0. The summed E-state index contributed by atoms with van der Waals surface area (Å²) in [7, 11) is 1.73. The van der Waals surface area contributed by atoms with Gasteiger partial charge in [-0.3, -0.25) is 14.2 Å². The number of hydrogen-bond donors (Lipinski definition) is 0. The minimum Gasteiger partial charge on any atom is -0.335 e. The molecule has 2 aliphatic rings. The Morgan fingerprint density at radius 2 is 1.90 bits per heavy atom. The van der Waals surface area contributed by atoms with Crippen molar-refractivity contribution in [2.24, 2.45) is 7.05 Å².